The van der Waals surface area contributed by atoms with Crippen LogP contribution in [0.2, 0.25) is 0 Å². The first-order chi connectivity index (χ1) is 10.8. The Morgan fingerprint density at radius 2 is 1.96 bits per heavy atom. The first-order valence-electron chi connectivity index (χ1n) is 7.54. The van der Waals surface area contributed by atoms with Crippen molar-refractivity contribution in [2.75, 3.05) is 32.7 Å². The minimum Gasteiger partial charge on any atom is -0.349 e. The van der Waals surface area contributed by atoms with E-state index >= 15 is 0 Å². The van der Waals surface area contributed by atoms with E-state index in [0.29, 0.717) is 26.2 Å². The summed E-state index contributed by atoms with van der Waals surface area (Å²) in [6, 6.07) is -1.67. The molecule has 2 heterocycles. The normalized spacial score (nSPS) is 16.7. The number of carbonyl (C=O) groups is 1. The Morgan fingerprint density at radius 3 is 2.44 bits per heavy atom. The number of nitrogens with zero attached hydrogens (tertiary/aromatic N) is 2. The molecule has 1 saturated heterocycles. The number of alkyl halides is 3. The monoisotopic (exact) mass is 422 g/mol. The van der Waals surface area contributed by atoms with Crippen molar-refractivity contribution < 1.29 is 18.0 Å². The largest absolute Gasteiger partial charge is 0.405 e. The van der Waals surface area contributed by atoms with Crippen LogP contribution in [-0.2, 0) is 0 Å². The molecule has 2 rings (SSSR count). The molecule has 11 heteroatoms. The minimum atomic E-state index is -4.38. The van der Waals surface area contributed by atoms with E-state index in [9.17, 15) is 18.0 Å². The van der Waals surface area contributed by atoms with Gasteiger partial charge in [0.05, 0.1) is 5.01 Å². The van der Waals surface area contributed by atoms with E-state index in [2.05, 4.69) is 15.6 Å². The van der Waals surface area contributed by atoms with Gasteiger partial charge in [-0.3, -0.25) is 9.69 Å². The lowest BCUT2D eigenvalue weighted by Crippen LogP contribution is -2.57. The van der Waals surface area contributed by atoms with Gasteiger partial charge in [0.2, 0.25) is 0 Å². The van der Waals surface area contributed by atoms with Crippen molar-refractivity contribution in [3.05, 3.63) is 16.1 Å². The summed E-state index contributed by atoms with van der Waals surface area (Å²) in [7, 11) is 0. The van der Waals surface area contributed by atoms with E-state index in [1.54, 1.807) is 5.38 Å². The van der Waals surface area contributed by atoms with Crippen molar-refractivity contribution in [2.24, 2.45) is 0 Å². The van der Waals surface area contributed by atoms with Gasteiger partial charge in [-0.2, -0.15) is 13.2 Å². The minimum absolute atomic E-state index is 0. The molecule has 1 fully saturated rings. The Morgan fingerprint density at radius 1 is 1.36 bits per heavy atom. The zero-order valence-electron chi connectivity index (χ0n) is 13.9. The molecule has 0 radical (unpaired) electrons. The summed E-state index contributed by atoms with van der Waals surface area (Å²) in [6.45, 7) is 5.10. The van der Waals surface area contributed by atoms with Gasteiger partial charge in [0.25, 0.3) is 5.91 Å². The molecule has 1 amide bonds. The molecule has 1 aliphatic heterocycles. The topological polar surface area (TPSA) is 57.3 Å². The van der Waals surface area contributed by atoms with E-state index in [4.69, 9.17) is 0 Å². The molecular weight excluding hydrogens is 400 g/mol. The second kappa shape index (κ2) is 10.5. The zero-order valence-corrected chi connectivity index (χ0v) is 16.4. The molecule has 5 nitrogen and oxygen atoms in total. The second-order valence-electron chi connectivity index (χ2n) is 5.78. The maximum Gasteiger partial charge on any atom is 0.405 e. The molecular formula is C14H23Cl2F3N4OS. The molecule has 0 aromatic carbocycles. The second-order valence-corrected chi connectivity index (χ2v) is 6.67. The van der Waals surface area contributed by atoms with Gasteiger partial charge in [0.15, 0.2) is 0 Å². The number of piperazine rings is 1. The third-order valence-electron chi connectivity index (χ3n) is 3.67. The number of hydrogen-bond acceptors (Lipinski definition) is 5. The van der Waals surface area contributed by atoms with Crippen LogP contribution >= 0.6 is 36.2 Å². The predicted octanol–water partition coefficient (Wildman–Crippen LogP) is 2.68. The highest BCUT2D eigenvalue weighted by molar-refractivity contribution is 7.09. The third-order valence-corrected chi connectivity index (χ3v) is 4.82. The summed E-state index contributed by atoms with van der Waals surface area (Å²) < 4.78 is 39.7. The molecule has 25 heavy (non-hydrogen) atoms. The Bertz CT molecular complexity index is 536. The van der Waals surface area contributed by atoms with Crippen molar-refractivity contribution in [2.45, 2.75) is 32.0 Å². The van der Waals surface area contributed by atoms with Crippen LogP contribution in [0, 0.1) is 0 Å². The van der Waals surface area contributed by atoms with Crippen LogP contribution in [0.5, 0.6) is 0 Å². The van der Waals surface area contributed by atoms with Crippen molar-refractivity contribution in [1.82, 2.24) is 20.5 Å². The summed E-state index contributed by atoms with van der Waals surface area (Å²) in [5, 5.41) is 7.78. The molecule has 2 N–H and O–H groups in total. The lowest BCUT2D eigenvalue weighted by atomic mass is 10.2. The van der Waals surface area contributed by atoms with Crippen LogP contribution < -0.4 is 10.6 Å². The molecule has 0 spiro atoms. The number of hydrogen-bond donors (Lipinski definition) is 2. The van der Waals surface area contributed by atoms with E-state index in [0.717, 1.165) is 5.01 Å². The summed E-state index contributed by atoms with van der Waals surface area (Å²) >= 11 is 1.34. The van der Waals surface area contributed by atoms with Crippen LogP contribution in [0.25, 0.3) is 0 Å². The number of aromatic nitrogens is 1. The number of rotatable bonds is 5. The Kier molecular flexibility index (Phi) is 10.3. The quantitative estimate of drug-likeness (QED) is 0.765. The smallest absolute Gasteiger partial charge is 0.349 e. The van der Waals surface area contributed by atoms with Gasteiger partial charge in [-0.05, 0) is 0 Å². The Hall–Kier alpha value is -0.610. The highest BCUT2D eigenvalue weighted by Gasteiger charge is 2.43. The lowest BCUT2D eigenvalue weighted by molar-refractivity contribution is -0.183. The average Bonchev–Trinajstić information content (AvgIpc) is 2.97. The lowest BCUT2D eigenvalue weighted by Gasteiger charge is -2.35. The summed E-state index contributed by atoms with van der Waals surface area (Å²) in [5.74, 6) is -0.372. The van der Waals surface area contributed by atoms with Crippen LogP contribution in [-0.4, -0.2) is 60.7 Å². The van der Waals surface area contributed by atoms with Crippen molar-refractivity contribution in [3.63, 3.8) is 0 Å². The fourth-order valence-corrected chi connectivity index (χ4v) is 3.20. The molecule has 1 atom stereocenters. The van der Waals surface area contributed by atoms with Crippen LogP contribution in [0.4, 0.5) is 13.2 Å². The number of amides is 1. The van der Waals surface area contributed by atoms with E-state index in [-0.39, 0.29) is 36.4 Å². The molecule has 0 bridgehead atoms. The molecule has 146 valence electrons. The van der Waals surface area contributed by atoms with Gasteiger partial charge in [-0.25, -0.2) is 4.98 Å². The SMILES string of the molecule is CC(C)c1nc(C(=O)NCC(N2CCNCC2)C(F)(F)F)cs1.Cl.Cl. The fraction of sp³-hybridized carbons (Fsp3) is 0.714. The highest BCUT2D eigenvalue weighted by Crippen LogP contribution is 2.25. The summed E-state index contributed by atoms with van der Waals surface area (Å²) in [4.78, 5) is 17.6. The van der Waals surface area contributed by atoms with Gasteiger partial charge in [0.1, 0.15) is 11.7 Å². The van der Waals surface area contributed by atoms with E-state index in [1.165, 1.54) is 16.2 Å². The van der Waals surface area contributed by atoms with Crippen molar-refractivity contribution >= 4 is 42.1 Å². The summed E-state index contributed by atoms with van der Waals surface area (Å²) in [5.41, 5.74) is 0.180. The fourth-order valence-electron chi connectivity index (χ4n) is 2.38. The third kappa shape index (κ3) is 6.90. The maximum atomic E-state index is 13.2. The van der Waals surface area contributed by atoms with Crippen LogP contribution in [0.15, 0.2) is 5.38 Å². The van der Waals surface area contributed by atoms with Gasteiger partial charge in [-0.15, -0.1) is 36.2 Å². The van der Waals surface area contributed by atoms with Crippen molar-refractivity contribution in [3.8, 4) is 0 Å². The average molecular weight is 423 g/mol. The van der Waals surface area contributed by atoms with Crippen LogP contribution in [0.3, 0.4) is 0 Å². The van der Waals surface area contributed by atoms with Crippen LogP contribution in [0.1, 0.15) is 35.3 Å². The molecule has 1 unspecified atom stereocenters. The molecule has 1 aromatic rings. The first-order valence-corrected chi connectivity index (χ1v) is 8.42. The maximum absolute atomic E-state index is 13.2. The predicted molar refractivity (Wildman–Crippen MR) is 97.3 cm³/mol. The first kappa shape index (κ1) is 24.4. The van der Waals surface area contributed by atoms with Gasteiger partial charge < -0.3 is 10.6 Å². The van der Waals surface area contributed by atoms with E-state index < -0.39 is 24.7 Å². The number of halogens is 5. The van der Waals surface area contributed by atoms with Crippen molar-refractivity contribution in [1.29, 1.82) is 0 Å². The standard InChI is InChI=1S/C14H21F3N4OS.2ClH/c1-9(2)13-20-10(8-23-13)12(22)19-7-11(14(15,16)17)21-5-3-18-4-6-21;;/h8-9,11,18H,3-7H2,1-2H3,(H,19,22);2*1H. The molecule has 0 saturated carbocycles. The number of thiazole rings is 1. The molecule has 1 aliphatic rings. The van der Waals surface area contributed by atoms with Gasteiger partial charge in [-0.1, -0.05) is 13.8 Å². The molecule has 0 aliphatic carbocycles. The number of nitrogens with one attached hydrogen (secondary N) is 2. The highest BCUT2D eigenvalue weighted by atomic mass is 35.5. The zero-order chi connectivity index (χ0) is 17.0. The number of carbonyl (C=O) groups excluding carboxylic acids is 1. The summed E-state index contributed by atoms with van der Waals surface area (Å²) in [6.07, 6.45) is -4.38. The Labute approximate surface area is 161 Å². The van der Waals surface area contributed by atoms with Gasteiger partial charge >= 0.3 is 6.18 Å². The van der Waals surface area contributed by atoms with Gasteiger partial charge in [0, 0.05) is 44.0 Å². The Balaban J connectivity index is 0.00000288. The molecule has 1 aromatic heterocycles. The van der Waals surface area contributed by atoms with E-state index in [1.807, 2.05) is 13.8 Å².